The van der Waals surface area contributed by atoms with Gasteiger partial charge in [-0.3, -0.25) is 14.9 Å². The number of aromatic hydroxyl groups is 1. The van der Waals surface area contributed by atoms with Crippen molar-refractivity contribution in [3.05, 3.63) is 42.6 Å². The molecular formula is C18H22N4O3. The number of likely N-dealkylation sites (tertiary alicyclic amines) is 1. The number of aliphatic hydroxyl groups is 1. The van der Waals surface area contributed by atoms with E-state index in [-0.39, 0.29) is 11.9 Å². The van der Waals surface area contributed by atoms with E-state index in [1.165, 1.54) is 6.20 Å². The first kappa shape index (κ1) is 16.2. The van der Waals surface area contributed by atoms with Crippen LogP contribution in [0.25, 0.3) is 0 Å². The van der Waals surface area contributed by atoms with Crippen LogP contribution in [-0.4, -0.2) is 55.8 Å². The fraction of sp³-hybridized carbons (Fsp3) is 0.500. The van der Waals surface area contributed by atoms with Gasteiger partial charge >= 0.3 is 0 Å². The van der Waals surface area contributed by atoms with Crippen molar-refractivity contribution in [2.75, 3.05) is 19.6 Å². The van der Waals surface area contributed by atoms with Gasteiger partial charge in [-0.25, -0.2) is 4.98 Å². The molecule has 1 aliphatic carbocycles. The normalized spacial score (nSPS) is 27.2. The van der Waals surface area contributed by atoms with Gasteiger partial charge in [-0.05, 0) is 36.8 Å². The van der Waals surface area contributed by atoms with E-state index >= 15 is 0 Å². The fourth-order valence-corrected chi connectivity index (χ4v) is 4.04. The standard InChI is InChI=1S/C18H22N4O3/c23-14-1-2-16(21-7-14)17(24)11-22-9-12-5-15(6-13(12)10-22)25-18-8-19-3-4-20-18/h1-4,7-8,12-13,15,17,23-24H,5-6,9-11H2/t12-,13+,15?,17?. The summed E-state index contributed by atoms with van der Waals surface area (Å²) in [6.07, 6.45) is 7.92. The Bertz CT molecular complexity index is 683. The van der Waals surface area contributed by atoms with Gasteiger partial charge in [0, 0.05) is 32.0 Å². The van der Waals surface area contributed by atoms with Crippen LogP contribution >= 0.6 is 0 Å². The lowest BCUT2D eigenvalue weighted by Gasteiger charge is -2.22. The maximum absolute atomic E-state index is 10.4. The molecule has 1 aliphatic heterocycles. The van der Waals surface area contributed by atoms with Crippen LogP contribution in [0.15, 0.2) is 36.9 Å². The molecule has 0 radical (unpaired) electrons. The summed E-state index contributed by atoms with van der Waals surface area (Å²) in [7, 11) is 0. The monoisotopic (exact) mass is 342 g/mol. The second-order valence-corrected chi connectivity index (χ2v) is 6.95. The number of aromatic nitrogens is 3. The quantitative estimate of drug-likeness (QED) is 0.848. The number of pyridine rings is 1. The fourth-order valence-electron chi connectivity index (χ4n) is 4.04. The highest BCUT2D eigenvalue weighted by atomic mass is 16.5. The third-order valence-corrected chi connectivity index (χ3v) is 5.15. The molecule has 7 heteroatoms. The number of nitrogens with zero attached hydrogens (tertiary/aromatic N) is 4. The summed E-state index contributed by atoms with van der Waals surface area (Å²) < 4.78 is 5.93. The Hall–Kier alpha value is -2.25. The predicted octanol–water partition coefficient (Wildman–Crippen LogP) is 1.40. The van der Waals surface area contributed by atoms with Crippen LogP contribution in [0, 0.1) is 11.8 Å². The molecule has 3 heterocycles. The first-order valence-electron chi connectivity index (χ1n) is 8.65. The minimum atomic E-state index is -0.633. The van der Waals surface area contributed by atoms with Crippen LogP contribution in [0.3, 0.4) is 0 Å². The summed E-state index contributed by atoms with van der Waals surface area (Å²) in [5.74, 6) is 1.90. The topological polar surface area (TPSA) is 91.6 Å². The van der Waals surface area contributed by atoms with E-state index < -0.39 is 6.10 Å². The molecule has 0 spiro atoms. The summed E-state index contributed by atoms with van der Waals surface area (Å²) in [5, 5.41) is 19.6. The molecule has 2 aromatic rings. The molecule has 2 fully saturated rings. The van der Waals surface area contributed by atoms with Crippen molar-refractivity contribution >= 4 is 0 Å². The molecule has 0 amide bonds. The van der Waals surface area contributed by atoms with E-state index in [2.05, 4.69) is 19.9 Å². The first-order chi connectivity index (χ1) is 12.2. The molecule has 4 atom stereocenters. The number of hydrogen-bond donors (Lipinski definition) is 2. The minimum absolute atomic E-state index is 0.112. The van der Waals surface area contributed by atoms with Crippen molar-refractivity contribution < 1.29 is 14.9 Å². The number of aliphatic hydroxyl groups excluding tert-OH is 1. The smallest absolute Gasteiger partial charge is 0.232 e. The van der Waals surface area contributed by atoms with Gasteiger partial charge in [0.05, 0.1) is 18.1 Å². The average molecular weight is 342 g/mol. The van der Waals surface area contributed by atoms with Crippen LogP contribution in [-0.2, 0) is 0 Å². The van der Waals surface area contributed by atoms with Crippen molar-refractivity contribution in [3.63, 3.8) is 0 Å². The Kier molecular flexibility index (Phi) is 4.50. The first-order valence-corrected chi connectivity index (χ1v) is 8.65. The Morgan fingerprint density at radius 3 is 2.56 bits per heavy atom. The second kappa shape index (κ2) is 6.93. The van der Waals surface area contributed by atoms with Crippen molar-refractivity contribution in [2.24, 2.45) is 11.8 Å². The Morgan fingerprint density at radius 1 is 1.12 bits per heavy atom. The largest absolute Gasteiger partial charge is 0.506 e. The second-order valence-electron chi connectivity index (χ2n) is 6.95. The summed E-state index contributed by atoms with van der Waals surface area (Å²) in [4.78, 5) is 14.6. The molecule has 4 rings (SSSR count). The van der Waals surface area contributed by atoms with Crippen molar-refractivity contribution in [3.8, 4) is 11.6 Å². The van der Waals surface area contributed by atoms with E-state index in [0.29, 0.717) is 30.0 Å². The molecule has 1 saturated heterocycles. The highest BCUT2D eigenvalue weighted by Gasteiger charge is 2.42. The lowest BCUT2D eigenvalue weighted by molar-refractivity contribution is 0.112. The molecule has 132 valence electrons. The molecule has 1 saturated carbocycles. The molecule has 0 aromatic carbocycles. The Morgan fingerprint density at radius 2 is 1.92 bits per heavy atom. The summed E-state index contributed by atoms with van der Waals surface area (Å²) >= 11 is 0. The van der Waals surface area contributed by atoms with E-state index in [1.807, 2.05) is 0 Å². The summed E-state index contributed by atoms with van der Waals surface area (Å²) in [6, 6.07) is 3.22. The van der Waals surface area contributed by atoms with Crippen molar-refractivity contribution in [1.82, 2.24) is 19.9 Å². The van der Waals surface area contributed by atoms with Crippen LogP contribution in [0.4, 0.5) is 0 Å². The van der Waals surface area contributed by atoms with E-state index in [9.17, 15) is 10.2 Å². The van der Waals surface area contributed by atoms with Gasteiger partial charge in [-0.15, -0.1) is 0 Å². The predicted molar refractivity (Wildman–Crippen MR) is 90.0 cm³/mol. The van der Waals surface area contributed by atoms with Crippen LogP contribution in [0.5, 0.6) is 11.6 Å². The van der Waals surface area contributed by atoms with Gasteiger partial charge in [0.15, 0.2) is 0 Å². The maximum Gasteiger partial charge on any atom is 0.232 e. The number of ether oxygens (including phenoxy) is 1. The zero-order chi connectivity index (χ0) is 17.2. The van der Waals surface area contributed by atoms with Crippen LogP contribution < -0.4 is 4.74 Å². The van der Waals surface area contributed by atoms with Crippen LogP contribution in [0.2, 0.25) is 0 Å². The van der Waals surface area contributed by atoms with Gasteiger partial charge in [-0.2, -0.15) is 0 Å². The third kappa shape index (κ3) is 3.72. The Labute approximate surface area is 146 Å². The zero-order valence-electron chi connectivity index (χ0n) is 13.9. The van der Waals surface area contributed by atoms with Gasteiger partial charge in [-0.1, -0.05) is 0 Å². The minimum Gasteiger partial charge on any atom is -0.506 e. The highest BCUT2D eigenvalue weighted by Crippen LogP contribution is 2.39. The highest BCUT2D eigenvalue weighted by molar-refractivity contribution is 5.19. The average Bonchev–Trinajstić information content (AvgIpc) is 3.14. The molecule has 2 aromatic heterocycles. The van der Waals surface area contributed by atoms with Gasteiger partial charge in [0.25, 0.3) is 0 Å². The van der Waals surface area contributed by atoms with E-state index in [0.717, 1.165) is 25.9 Å². The van der Waals surface area contributed by atoms with Gasteiger partial charge < -0.3 is 14.9 Å². The van der Waals surface area contributed by atoms with Gasteiger partial charge in [0.1, 0.15) is 18.0 Å². The number of hydrogen-bond acceptors (Lipinski definition) is 7. The van der Waals surface area contributed by atoms with E-state index in [4.69, 9.17) is 4.74 Å². The van der Waals surface area contributed by atoms with Crippen molar-refractivity contribution in [2.45, 2.75) is 25.0 Å². The van der Waals surface area contributed by atoms with Crippen LogP contribution in [0.1, 0.15) is 24.6 Å². The summed E-state index contributed by atoms with van der Waals surface area (Å²) in [6.45, 7) is 2.51. The number of rotatable bonds is 5. The number of β-amino-alcohol motifs (C(OH)–C–C–N with tert-alkyl or cyclic N) is 1. The van der Waals surface area contributed by atoms with Gasteiger partial charge in [0.2, 0.25) is 5.88 Å². The molecule has 0 bridgehead atoms. The lowest BCUT2D eigenvalue weighted by Crippen LogP contribution is -2.29. The SMILES string of the molecule is Oc1ccc(C(O)CN2C[C@H]3CC(Oc4cnccn4)C[C@H]3C2)nc1. The molecule has 2 unspecified atom stereocenters. The zero-order valence-corrected chi connectivity index (χ0v) is 13.9. The number of fused-ring (bicyclic) bond motifs is 1. The van der Waals surface area contributed by atoms with Crippen molar-refractivity contribution in [1.29, 1.82) is 0 Å². The molecule has 2 N–H and O–H groups in total. The summed E-state index contributed by atoms with van der Waals surface area (Å²) in [5.41, 5.74) is 0.596. The third-order valence-electron chi connectivity index (χ3n) is 5.15. The molecule has 7 nitrogen and oxygen atoms in total. The van der Waals surface area contributed by atoms with E-state index in [1.54, 1.807) is 30.7 Å². The maximum atomic E-state index is 10.4. The Balaban J connectivity index is 1.28. The molecule has 25 heavy (non-hydrogen) atoms. The molecular weight excluding hydrogens is 320 g/mol. The lowest BCUT2D eigenvalue weighted by atomic mass is 10.0. The molecule has 2 aliphatic rings.